The van der Waals surface area contributed by atoms with Crippen LogP contribution in [-0.2, 0) is 0 Å². The molecule has 2 heteroatoms. The fraction of sp³-hybridized carbons (Fsp3) is 0.333. The lowest BCUT2D eigenvalue weighted by Gasteiger charge is -2.19. The van der Waals surface area contributed by atoms with E-state index in [9.17, 15) is 0 Å². The van der Waals surface area contributed by atoms with Crippen molar-refractivity contribution >= 4 is 17.0 Å². The van der Waals surface area contributed by atoms with E-state index in [1.807, 2.05) is 11.3 Å². The average molecular weight is 245 g/mol. The highest BCUT2D eigenvalue weighted by Gasteiger charge is 2.11. The Morgan fingerprint density at radius 1 is 1.24 bits per heavy atom. The van der Waals surface area contributed by atoms with E-state index in [4.69, 9.17) is 0 Å². The number of thiophene rings is 1. The van der Waals surface area contributed by atoms with Crippen LogP contribution in [0.2, 0.25) is 0 Å². The molecule has 0 spiro atoms. The second-order valence-electron chi connectivity index (χ2n) is 4.44. The summed E-state index contributed by atoms with van der Waals surface area (Å²) in [6.45, 7) is 6.52. The highest BCUT2D eigenvalue weighted by molar-refractivity contribution is 7.10. The molecular formula is C15H19NS. The second kappa shape index (κ2) is 5.37. The van der Waals surface area contributed by atoms with E-state index in [1.165, 1.54) is 21.7 Å². The fourth-order valence-electron chi connectivity index (χ4n) is 1.94. The van der Waals surface area contributed by atoms with E-state index < -0.39 is 0 Å². The monoisotopic (exact) mass is 245 g/mol. The van der Waals surface area contributed by atoms with Gasteiger partial charge >= 0.3 is 0 Å². The molecule has 1 aromatic carbocycles. The van der Waals surface area contributed by atoms with Crippen molar-refractivity contribution < 1.29 is 0 Å². The maximum atomic E-state index is 3.65. The molecule has 0 bridgehead atoms. The van der Waals surface area contributed by atoms with Gasteiger partial charge < -0.3 is 5.32 Å². The summed E-state index contributed by atoms with van der Waals surface area (Å²) in [7, 11) is 0. The van der Waals surface area contributed by atoms with Crippen LogP contribution in [0.1, 0.15) is 35.4 Å². The predicted octanol–water partition coefficient (Wildman–Crippen LogP) is 4.93. The molecule has 1 atom stereocenters. The summed E-state index contributed by atoms with van der Waals surface area (Å²) in [4.78, 5) is 1.41. The van der Waals surface area contributed by atoms with Crippen molar-refractivity contribution in [3.05, 3.63) is 51.7 Å². The van der Waals surface area contributed by atoms with Crippen molar-refractivity contribution in [3.8, 4) is 0 Å². The summed E-state index contributed by atoms with van der Waals surface area (Å²) in [5.74, 6) is 0. The minimum atomic E-state index is 0.426. The van der Waals surface area contributed by atoms with Crippen LogP contribution < -0.4 is 5.32 Å². The van der Waals surface area contributed by atoms with E-state index in [2.05, 4.69) is 61.8 Å². The number of benzene rings is 1. The first-order valence-electron chi connectivity index (χ1n) is 6.08. The van der Waals surface area contributed by atoms with Crippen molar-refractivity contribution in [3.63, 3.8) is 0 Å². The average Bonchev–Trinajstić information content (AvgIpc) is 2.84. The minimum Gasteiger partial charge on any atom is -0.377 e. The lowest BCUT2D eigenvalue weighted by atomic mass is 10.1. The first-order valence-corrected chi connectivity index (χ1v) is 6.96. The molecule has 0 saturated heterocycles. The van der Waals surface area contributed by atoms with Gasteiger partial charge in [-0.1, -0.05) is 25.1 Å². The summed E-state index contributed by atoms with van der Waals surface area (Å²) in [5, 5.41) is 5.79. The van der Waals surface area contributed by atoms with Crippen LogP contribution in [0.4, 0.5) is 5.69 Å². The molecule has 2 rings (SSSR count). The summed E-state index contributed by atoms with van der Waals surface area (Å²) in [5.41, 5.74) is 3.87. The van der Waals surface area contributed by atoms with E-state index in [0.717, 1.165) is 6.42 Å². The first-order chi connectivity index (χ1) is 8.20. The van der Waals surface area contributed by atoms with E-state index in [1.54, 1.807) is 0 Å². The third-order valence-corrected chi connectivity index (χ3v) is 4.00. The molecule has 1 N–H and O–H groups in total. The Hall–Kier alpha value is -1.28. The zero-order chi connectivity index (χ0) is 12.3. The number of rotatable bonds is 4. The quantitative estimate of drug-likeness (QED) is 0.805. The zero-order valence-corrected chi connectivity index (χ0v) is 11.5. The molecule has 90 valence electrons. The van der Waals surface area contributed by atoms with Crippen LogP contribution >= 0.6 is 11.3 Å². The van der Waals surface area contributed by atoms with Crippen molar-refractivity contribution in [1.29, 1.82) is 0 Å². The number of nitrogens with one attached hydrogen (secondary N) is 1. The van der Waals surface area contributed by atoms with Gasteiger partial charge in [0.1, 0.15) is 0 Å². The van der Waals surface area contributed by atoms with Crippen LogP contribution in [-0.4, -0.2) is 0 Å². The molecular weight excluding hydrogens is 226 g/mol. The Bertz CT molecular complexity index is 474. The van der Waals surface area contributed by atoms with Crippen LogP contribution in [0.5, 0.6) is 0 Å². The van der Waals surface area contributed by atoms with Gasteiger partial charge in [0.05, 0.1) is 6.04 Å². The van der Waals surface area contributed by atoms with Crippen molar-refractivity contribution in [2.75, 3.05) is 5.32 Å². The van der Waals surface area contributed by atoms with E-state index in [0.29, 0.717) is 6.04 Å². The summed E-state index contributed by atoms with van der Waals surface area (Å²) in [6.07, 6.45) is 1.11. The van der Waals surface area contributed by atoms with E-state index in [-0.39, 0.29) is 0 Å². The fourth-order valence-corrected chi connectivity index (χ4v) is 2.80. The Morgan fingerprint density at radius 2 is 2.06 bits per heavy atom. The summed E-state index contributed by atoms with van der Waals surface area (Å²) >= 11 is 1.82. The van der Waals surface area contributed by atoms with Gasteiger partial charge in [0.2, 0.25) is 0 Å². The van der Waals surface area contributed by atoms with Crippen molar-refractivity contribution in [2.24, 2.45) is 0 Å². The normalized spacial score (nSPS) is 12.4. The SMILES string of the molecule is CCC(Nc1cc(C)ccc1C)c1cccs1. The molecule has 0 aliphatic rings. The Balaban J connectivity index is 2.21. The molecule has 1 nitrogen and oxygen atoms in total. The Morgan fingerprint density at radius 3 is 2.71 bits per heavy atom. The van der Waals surface area contributed by atoms with Gasteiger partial charge in [-0.3, -0.25) is 0 Å². The summed E-state index contributed by atoms with van der Waals surface area (Å²) in [6, 6.07) is 11.3. The molecule has 1 heterocycles. The predicted molar refractivity (Wildman–Crippen MR) is 76.9 cm³/mol. The molecule has 2 aromatic rings. The maximum Gasteiger partial charge on any atom is 0.0604 e. The standard InChI is InChI=1S/C15H19NS/c1-4-13(15-6-5-9-17-15)16-14-10-11(2)7-8-12(14)3/h5-10,13,16H,4H2,1-3H3. The van der Waals surface area contributed by atoms with Gasteiger partial charge in [0, 0.05) is 10.6 Å². The smallest absolute Gasteiger partial charge is 0.0604 e. The third kappa shape index (κ3) is 2.89. The molecule has 1 aromatic heterocycles. The molecule has 0 aliphatic carbocycles. The van der Waals surface area contributed by atoms with E-state index >= 15 is 0 Å². The number of aryl methyl sites for hydroxylation is 2. The maximum absolute atomic E-state index is 3.65. The lowest BCUT2D eigenvalue weighted by molar-refractivity contribution is 0.763. The highest BCUT2D eigenvalue weighted by Crippen LogP contribution is 2.28. The first kappa shape index (κ1) is 12.2. The van der Waals surface area contributed by atoms with Gasteiger partial charge in [0.15, 0.2) is 0 Å². The lowest BCUT2D eigenvalue weighted by Crippen LogP contribution is -2.09. The zero-order valence-electron chi connectivity index (χ0n) is 10.7. The van der Waals surface area contributed by atoms with Crippen molar-refractivity contribution in [1.82, 2.24) is 0 Å². The molecule has 0 radical (unpaired) electrons. The molecule has 0 saturated carbocycles. The molecule has 17 heavy (non-hydrogen) atoms. The number of anilines is 1. The number of hydrogen-bond donors (Lipinski definition) is 1. The van der Waals surface area contributed by atoms with Gasteiger partial charge in [-0.25, -0.2) is 0 Å². The largest absolute Gasteiger partial charge is 0.377 e. The van der Waals surface area contributed by atoms with Crippen LogP contribution in [0.25, 0.3) is 0 Å². The van der Waals surface area contributed by atoms with Crippen LogP contribution in [0, 0.1) is 13.8 Å². The molecule has 0 aliphatic heterocycles. The van der Waals surface area contributed by atoms with Gasteiger partial charge in [-0.2, -0.15) is 0 Å². The second-order valence-corrected chi connectivity index (χ2v) is 5.42. The molecule has 0 amide bonds. The Kier molecular flexibility index (Phi) is 3.85. The van der Waals surface area contributed by atoms with Gasteiger partial charge in [-0.15, -0.1) is 11.3 Å². The third-order valence-electron chi connectivity index (χ3n) is 3.02. The van der Waals surface area contributed by atoms with Crippen molar-refractivity contribution in [2.45, 2.75) is 33.2 Å². The van der Waals surface area contributed by atoms with Gasteiger partial charge in [-0.05, 0) is 48.9 Å². The molecule has 1 unspecified atom stereocenters. The van der Waals surface area contributed by atoms with Gasteiger partial charge in [0.25, 0.3) is 0 Å². The molecule has 0 fully saturated rings. The summed E-state index contributed by atoms with van der Waals surface area (Å²) < 4.78 is 0. The minimum absolute atomic E-state index is 0.426. The topological polar surface area (TPSA) is 12.0 Å². The Labute approximate surface area is 108 Å². The van der Waals surface area contributed by atoms with Crippen LogP contribution in [0.3, 0.4) is 0 Å². The number of hydrogen-bond acceptors (Lipinski definition) is 2. The highest BCUT2D eigenvalue weighted by atomic mass is 32.1. The van der Waals surface area contributed by atoms with Crippen LogP contribution in [0.15, 0.2) is 35.7 Å².